The Morgan fingerprint density at radius 1 is 1.32 bits per heavy atom. The maximum Gasteiger partial charge on any atom is 0.338 e. The second kappa shape index (κ2) is 9.50. The molecular formula is C23H17IN3O6S-. The summed E-state index contributed by atoms with van der Waals surface area (Å²) in [6.07, 6.45) is 1.49. The predicted molar refractivity (Wildman–Crippen MR) is 132 cm³/mol. The van der Waals surface area contributed by atoms with Gasteiger partial charge < -0.3 is 9.84 Å². The molecule has 3 aromatic rings. The van der Waals surface area contributed by atoms with Gasteiger partial charge in [0.05, 0.1) is 33.4 Å². The molecule has 0 N–H and O–H groups in total. The van der Waals surface area contributed by atoms with Gasteiger partial charge in [-0.15, -0.1) is 0 Å². The zero-order chi connectivity index (χ0) is 24.6. The molecule has 0 saturated heterocycles. The Morgan fingerprint density at radius 2 is 2.03 bits per heavy atom. The summed E-state index contributed by atoms with van der Waals surface area (Å²) in [4.78, 5) is 41.7. The maximum atomic E-state index is 13.5. The summed E-state index contributed by atoms with van der Waals surface area (Å²) < 4.78 is 7.13. The van der Waals surface area contributed by atoms with Crippen molar-refractivity contribution in [2.75, 3.05) is 6.61 Å². The average molecular weight is 590 g/mol. The lowest BCUT2D eigenvalue weighted by Crippen LogP contribution is -2.39. The van der Waals surface area contributed by atoms with E-state index in [4.69, 9.17) is 4.74 Å². The van der Waals surface area contributed by atoms with Crippen molar-refractivity contribution in [1.82, 2.24) is 4.57 Å². The molecule has 0 fully saturated rings. The Balaban J connectivity index is 1.96. The van der Waals surface area contributed by atoms with Crippen LogP contribution in [0, 0.1) is 13.7 Å². The molecule has 9 nitrogen and oxygen atoms in total. The van der Waals surface area contributed by atoms with Gasteiger partial charge in [0.25, 0.3) is 11.2 Å². The molecule has 1 aromatic heterocycles. The standard InChI is InChI=1S/C23H18IN3O6S/c1-3-33-22(30)18-12(2)25-23-26(19(18)14-7-5-4-6-8-14)21(29)17(34-23)11-13-9-15(24)20(28)16(10-13)27(31)32/h4-11,19,28H,3H2,1-2H3/p-1/b17-11-/t19-/m1/s1. The highest BCUT2D eigenvalue weighted by Gasteiger charge is 2.33. The van der Waals surface area contributed by atoms with E-state index in [1.54, 1.807) is 36.4 Å². The van der Waals surface area contributed by atoms with Crippen LogP contribution >= 0.6 is 33.9 Å². The number of nitro benzene ring substituents is 1. The Bertz CT molecular complexity index is 1520. The SMILES string of the molecule is CCOC(=O)C1=C(C)N=c2s/c(=C\c3cc(I)c([O-])c([N+](=O)[O-])c3)c(=O)n2[C@@H]1c1ccccc1. The van der Waals surface area contributed by atoms with Crippen molar-refractivity contribution in [3.05, 3.63) is 98.2 Å². The highest BCUT2D eigenvalue weighted by atomic mass is 127. The smallest absolute Gasteiger partial charge is 0.338 e. The van der Waals surface area contributed by atoms with Crippen LogP contribution in [0.3, 0.4) is 0 Å². The zero-order valence-corrected chi connectivity index (χ0v) is 21.0. The Labute approximate surface area is 210 Å². The molecule has 0 amide bonds. The first kappa shape index (κ1) is 23.8. The molecule has 0 bridgehead atoms. The fourth-order valence-electron chi connectivity index (χ4n) is 3.71. The number of nitro groups is 1. The quantitative estimate of drug-likeness (QED) is 0.195. The van der Waals surface area contributed by atoms with Gasteiger partial charge in [-0.1, -0.05) is 41.7 Å². The minimum absolute atomic E-state index is 0.174. The third-order valence-corrected chi connectivity index (χ3v) is 6.96. The van der Waals surface area contributed by atoms with Crippen LogP contribution in [0.1, 0.15) is 31.0 Å². The summed E-state index contributed by atoms with van der Waals surface area (Å²) in [7, 11) is 0. The number of ether oxygens (including phenoxy) is 1. The number of aromatic nitrogens is 1. The number of fused-ring (bicyclic) bond motifs is 1. The fourth-order valence-corrected chi connectivity index (χ4v) is 5.39. The number of benzene rings is 2. The summed E-state index contributed by atoms with van der Waals surface area (Å²) in [6, 6.07) is 11.0. The van der Waals surface area contributed by atoms with Gasteiger partial charge in [-0.05, 0) is 65.5 Å². The molecule has 1 atom stereocenters. The molecular weight excluding hydrogens is 573 g/mol. The summed E-state index contributed by atoms with van der Waals surface area (Å²) >= 11 is 2.84. The van der Waals surface area contributed by atoms with E-state index in [9.17, 15) is 24.8 Å². The number of halogens is 1. The Hall–Kier alpha value is -3.32. The third-order valence-electron chi connectivity index (χ3n) is 5.17. The van der Waals surface area contributed by atoms with Crippen LogP contribution in [-0.4, -0.2) is 22.1 Å². The van der Waals surface area contributed by atoms with E-state index in [1.807, 2.05) is 30.3 Å². The van der Waals surface area contributed by atoms with Gasteiger partial charge in [-0.3, -0.25) is 19.5 Å². The van der Waals surface area contributed by atoms with Gasteiger partial charge in [0.2, 0.25) is 0 Å². The van der Waals surface area contributed by atoms with Crippen LogP contribution in [0.4, 0.5) is 5.69 Å². The normalized spacial score (nSPS) is 15.6. The van der Waals surface area contributed by atoms with E-state index in [0.29, 0.717) is 21.6 Å². The number of rotatable bonds is 5. The highest BCUT2D eigenvalue weighted by Crippen LogP contribution is 2.31. The van der Waals surface area contributed by atoms with Crippen molar-refractivity contribution in [2.45, 2.75) is 19.9 Å². The molecule has 0 saturated carbocycles. The Morgan fingerprint density at radius 3 is 2.68 bits per heavy atom. The molecule has 11 heteroatoms. The largest absolute Gasteiger partial charge is 0.867 e. The van der Waals surface area contributed by atoms with Gasteiger partial charge in [0.1, 0.15) is 0 Å². The summed E-state index contributed by atoms with van der Waals surface area (Å²) in [5.74, 6) is -1.23. The number of thiazole rings is 1. The van der Waals surface area contributed by atoms with Gasteiger partial charge in [0, 0.05) is 9.64 Å². The average Bonchev–Trinajstić information content (AvgIpc) is 3.10. The molecule has 2 aromatic carbocycles. The van der Waals surface area contributed by atoms with E-state index in [0.717, 1.165) is 17.4 Å². The number of esters is 1. The van der Waals surface area contributed by atoms with Gasteiger partial charge in [0.15, 0.2) is 4.80 Å². The number of hydrogen-bond donors (Lipinski definition) is 0. The molecule has 0 unspecified atom stereocenters. The number of allylic oxidation sites excluding steroid dienone is 1. The molecule has 0 spiro atoms. The lowest BCUT2D eigenvalue weighted by atomic mass is 9.96. The number of hydrogen-bond acceptors (Lipinski definition) is 8. The second-order valence-electron chi connectivity index (χ2n) is 7.32. The molecule has 0 aliphatic carbocycles. The summed E-state index contributed by atoms with van der Waals surface area (Å²) in [5.41, 5.74) is 0.810. The van der Waals surface area contributed by atoms with Crippen LogP contribution in [0.25, 0.3) is 6.08 Å². The molecule has 174 valence electrons. The second-order valence-corrected chi connectivity index (χ2v) is 9.49. The molecule has 1 aliphatic rings. The van der Waals surface area contributed by atoms with Gasteiger partial charge in [-0.2, -0.15) is 0 Å². The van der Waals surface area contributed by atoms with Crippen LogP contribution < -0.4 is 20.0 Å². The van der Waals surface area contributed by atoms with Crippen LogP contribution in [-0.2, 0) is 9.53 Å². The first-order valence-corrected chi connectivity index (χ1v) is 12.0. The van der Waals surface area contributed by atoms with Crippen molar-refractivity contribution in [3.63, 3.8) is 0 Å². The summed E-state index contributed by atoms with van der Waals surface area (Å²) in [6.45, 7) is 3.57. The topological polar surface area (TPSA) is 127 Å². The van der Waals surface area contributed by atoms with Crippen LogP contribution in [0.15, 0.2) is 63.5 Å². The molecule has 4 rings (SSSR count). The van der Waals surface area contributed by atoms with Crippen LogP contribution in [0.5, 0.6) is 5.75 Å². The minimum atomic E-state index is -0.742. The molecule has 2 heterocycles. The first-order chi connectivity index (χ1) is 16.2. The zero-order valence-electron chi connectivity index (χ0n) is 18.0. The van der Waals surface area contributed by atoms with Gasteiger partial charge in [-0.25, -0.2) is 9.79 Å². The highest BCUT2D eigenvalue weighted by molar-refractivity contribution is 14.1. The maximum absolute atomic E-state index is 13.5. The van der Waals surface area contributed by atoms with E-state index in [2.05, 4.69) is 4.99 Å². The predicted octanol–water partition coefficient (Wildman–Crippen LogP) is 2.38. The van der Waals surface area contributed by atoms with E-state index in [-0.39, 0.29) is 20.3 Å². The van der Waals surface area contributed by atoms with Gasteiger partial charge >= 0.3 is 5.97 Å². The lowest BCUT2D eigenvalue weighted by molar-refractivity contribution is -0.398. The van der Waals surface area contributed by atoms with E-state index < -0.39 is 33.9 Å². The Kier molecular flexibility index (Phi) is 6.66. The molecule has 0 radical (unpaired) electrons. The fraction of sp³-hybridized carbons (Fsp3) is 0.174. The van der Waals surface area contributed by atoms with Crippen molar-refractivity contribution in [1.29, 1.82) is 0 Å². The molecule has 34 heavy (non-hydrogen) atoms. The number of carbonyl (C=O) groups is 1. The van der Waals surface area contributed by atoms with Crippen molar-refractivity contribution in [3.8, 4) is 5.75 Å². The van der Waals surface area contributed by atoms with Crippen molar-refractivity contribution >= 4 is 51.7 Å². The van der Waals surface area contributed by atoms with Crippen molar-refractivity contribution in [2.24, 2.45) is 4.99 Å². The lowest BCUT2D eigenvalue weighted by Gasteiger charge is -2.24. The third kappa shape index (κ3) is 4.28. The molecule has 1 aliphatic heterocycles. The minimum Gasteiger partial charge on any atom is -0.867 e. The summed E-state index contributed by atoms with van der Waals surface area (Å²) in [5, 5.41) is 23.3. The first-order valence-electron chi connectivity index (χ1n) is 10.1. The van der Waals surface area contributed by atoms with Crippen LogP contribution in [0.2, 0.25) is 0 Å². The number of nitrogens with zero attached hydrogens (tertiary/aromatic N) is 3. The number of carbonyl (C=O) groups excluding carboxylic acids is 1. The van der Waals surface area contributed by atoms with E-state index >= 15 is 0 Å². The van der Waals surface area contributed by atoms with Crippen molar-refractivity contribution < 1.29 is 19.6 Å². The van der Waals surface area contributed by atoms with E-state index in [1.165, 1.54) is 16.7 Å². The monoisotopic (exact) mass is 590 g/mol.